The largest absolute Gasteiger partial charge is 0.445 e. The fourth-order valence-corrected chi connectivity index (χ4v) is 4.03. The molecule has 0 aliphatic carbocycles. The summed E-state index contributed by atoms with van der Waals surface area (Å²) in [7, 11) is 0. The van der Waals surface area contributed by atoms with Crippen LogP contribution in [0.25, 0.3) is 0 Å². The van der Waals surface area contributed by atoms with Crippen molar-refractivity contribution in [2.24, 2.45) is 0 Å². The smallest absolute Gasteiger partial charge is 0.410 e. The second kappa shape index (κ2) is 12.1. The second-order valence-electron chi connectivity index (χ2n) is 8.33. The summed E-state index contributed by atoms with van der Waals surface area (Å²) >= 11 is 0. The molecular weight excluding hydrogens is 412 g/mol. The monoisotopic (exact) mass is 444 g/mol. The first-order valence-electron chi connectivity index (χ1n) is 11.7. The van der Waals surface area contributed by atoms with Crippen LogP contribution in [0.2, 0.25) is 0 Å². The molecule has 0 N–H and O–H groups in total. The Hall–Kier alpha value is -3.31. The van der Waals surface area contributed by atoms with E-state index in [1.165, 1.54) is 16.8 Å². The summed E-state index contributed by atoms with van der Waals surface area (Å²) in [5, 5.41) is 0. The maximum Gasteiger partial charge on any atom is 0.410 e. The summed E-state index contributed by atoms with van der Waals surface area (Å²) < 4.78 is 11.4. The molecule has 1 aliphatic heterocycles. The van der Waals surface area contributed by atoms with Gasteiger partial charge in [0.05, 0.1) is 13.2 Å². The maximum atomic E-state index is 12.5. The molecule has 3 aromatic carbocycles. The van der Waals surface area contributed by atoms with Crippen molar-refractivity contribution in [3.05, 3.63) is 102 Å². The van der Waals surface area contributed by atoms with E-state index in [0.29, 0.717) is 26.4 Å². The first kappa shape index (κ1) is 22.9. The molecule has 5 nitrogen and oxygen atoms in total. The number of carbonyl (C=O) groups is 1. The summed E-state index contributed by atoms with van der Waals surface area (Å²) in [6, 6.07) is 28.7. The minimum Gasteiger partial charge on any atom is -0.445 e. The zero-order valence-corrected chi connectivity index (χ0v) is 19.1. The van der Waals surface area contributed by atoms with Crippen molar-refractivity contribution in [1.29, 1.82) is 0 Å². The molecular formula is C28H32N2O3. The topological polar surface area (TPSA) is 42.0 Å². The third-order valence-electron chi connectivity index (χ3n) is 5.88. The van der Waals surface area contributed by atoms with Gasteiger partial charge in [-0.1, -0.05) is 72.8 Å². The van der Waals surface area contributed by atoms with Crippen LogP contribution in [-0.2, 0) is 29.1 Å². The van der Waals surface area contributed by atoms with Crippen LogP contribution in [-0.4, -0.2) is 43.8 Å². The van der Waals surface area contributed by atoms with Gasteiger partial charge in [0, 0.05) is 31.9 Å². The van der Waals surface area contributed by atoms with Crippen LogP contribution in [0.4, 0.5) is 10.5 Å². The Bertz CT molecular complexity index is 994. The highest BCUT2D eigenvalue weighted by molar-refractivity contribution is 5.68. The summed E-state index contributed by atoms with van der Waals surface area (Å²) in [5.41, 5.74) is 4.67. The van der Waals surface area contributed by atoms with Gasteiger partial charge < -0.3 is 19.3 Å². The number of amides is 1. The highest BCUT2D eigenvalue weighted by Gasteiger charge is 2.20. The Morgan fingerprint density at radius 2 is 1.42 bits per heavy atom. The van der Waals surface area contributed by atoms with Gasteiger partial charge in [-0.25, -0.2) is 4.79 Å². The fraction of sp³-hybridized carbons (Fsp3) is 0.321. The molecule has 0 saturated carbocycles. The lowest BCUT2D eigenvalue weighted by Gasteiger charge is -2.24. The highest BCUT2D eigenvalue weighted by Crippen LogP contribution is 2.19. The first-order valence-corrected chi connectivity index (χ1v) is 11.7. The van der Waals surface area contributed by atoms with Crippen LogP contribution in [0, 0.1) is 0 Å². The molecule has 1 saturated heterocycles. The molecule has 0 unspecified atom stereocenters. The number of rotatable bonds is 8. The van der Waals surface area contributed by atoms with E-state index >= 15 is 0 Å². The Labute approximate surface area is 196 Å². The number of hydrogen-bond acceptors (Lipinski definition) is 4. The predicted molar refractivity (Wildman–Crippen MR) is 131 cm³/mol. The lowest BCUT2D eigenvalue weighted by Crippen LogP contribution is -2.35. The van der Waals surface area contributed by atoms with Gasteiger partial charge in [-0.2, -0.15) is 0 Å². The van der Waals surface area contributed by atoms with E-state index in [0.717, 1.165) is 38.0 Å². The molecule has 4 rings (SSSR count). The van der Waals surface area contributed by atoms with Crippen molar-refractivity contribution >= 4 is 11.8 Å². The SMILES string of the molecule is O=C(OCc1ccccc1)N1CCCN(c2cccc(CCOCc3ccccc3)c2)CC1. The second-order valence-corrected chi connectivity index (χ2v) is 8.33. The molecule has 5 heteroatoms. The van der Waals surface area contributed by atoms with Crippen molar-refractivity contribution in [3.63, 3.8) is 0 Å². The molecule has 1 amide bonds. The molecule has 0 bridgehead atoms. The lowest BCUT2D eigenvalue weighted by molar-refractivity contribution is 0.0986. The van der Waals surface area contributed by atoms with Crippen LogP contribution >= 0.6 is 0 Å². The van der Waals surface area contributed by atoms with Gasteiger partial charge in [0.2, 0.25) is 0 Å². The van der Waals surface area contributed by atoms with Crippen molar-refractivity contribution in [2.75, 3.05) is 37.7 Å². The lowest BCUT2D eigenvalue weighted by atomic mass is 10.1. The molecule has 1 heterocycles. The Morgan fingerprint density at radius 3 is 2.18 bits per heavy atom. The number of hydrogen-bond donors (Lipinski definition) is 0. The minimum atomic E-state index is -0.231. The van der Waals surface area contributed by atoms with E-state index in [4.69, 9.17) is 9.47 Å². The minimum absolute atomic E-state index is 0.231. The molecule has 1 fully saturated rings. The molecule has 0 spiro atoms. The molecule has 1 aliphatic rings. The van der Waals surface area contributed by atoms with E-state index in [1.54, 1.807) is 0 Å². The van der Waals surface area contributed by atoms with E-state index in [9.17, 15) is 4.79 Å². The Morgan fingerprint density at radius 1 is 0.727 bits per heavy atom. The Balaban J connectivity index is 1.24. The first-order chi connectivity index (χ1) is 16.3. The number of anilines is 1. The van der Waals surface area contributed by atoms with Crippen LogP contribution in [0.3, 0.4) is 0 Å². The number of ether oxygens (including phenoxy) is 2. The summed E-state index contributed by atoms with van der Waals surface area (Å²) in [6.45, 7) is 4.76. The zero-order chi connectivity index (χ0) is 22.7. The molecule has 0 radical (unpaired) electrons. The maximum absolute atomic E-state index is 12.5. The van der Waals surface area contributed by atoms with Gasteiger partial charge in [-0.3, -0.25) is 0 Å². The van der Waals surface area contributed by atoms with Crippen LogP contribution in [0.5, 0.6) is 0 Å². The van der Waals surface area contributed by atoms with E-state index < -0.39 is 0 Å². The van der Waals surface area contributed by atoms with Gasteiger partial charge in [-0.15, -0.1) is 0 Å². The van der Waals surface area contributed by atoms with Crippen LogP contribution in [0.1, 0.15) is 23.1 Å². The van der Waals surface area contributed by atoms with Crippen molar-refractivity contribution in [3.8, 4) is 0 Å². The third kappa shape index (κ3) is 7.09. The van der Waals surface area contributed by atoms with Crippen LogP contribution in [0.15, 0.2) is 84.9 Å². The third-order valence-corrected chi connectivity index (χ3v) is 5.88. The van der Waals surface area contributed by atoms with Gasteiger partial charge in [-0.05, 0) is 41.7 Å². The summed E-state index contributed by atoms with van der Waals surface area (Å²) in [4.78, 5) is 16.7. The summed E-state index contributed by atoms with van der Waals surface area (Å²) in [6.07, 6.45) is 1.57. The average molecular weight is 445 g/mol. The highest BCUT2D eigenvalue weighted by atomic mass is 16.6. The molecule has 33 heavy (non-hydrogen) atoms. The van der Waals surface area contributed by atoms with Gasteiger partial charge in [0.25, 0.3) is 0 Å². The van der Waals surface area contributed by atoms with Crippen molar-refractivity contribution < 1.29 is 14.3 Å². The van der Waals surface area contributed by atoms with E-state index in [1.807, 2.05) is 53.4 Å². The molecule has 3 aromatic rings. The van der Waals surface area contributed by atoms with Gasteiger partial charge >= 0.3 is 6.09 Å². The van der Waals surface area contributed by atoms with E-state index in [-0.39, 0.29) is 6.09 Å². The normalized spacial score (nSPS) is 14.1. The van der Waals surface area contributed by atoms with Crippen molar-refractivity contribution in [2.45, 2.75) is 26.1 Å². The average Bonchev–Trinajstić information content (AvgIpc) is 3.13. The number of carbonyl (C=O) groups excluding carboxylic acids is 1. The fourth-order valence-electron chi connectivity index (χ4n) is 4.03. The number of nitrogens with zero attached hydrogens (tertiary/aromatic N) is 2. The molecule has 0 aromatic heterocycles. The quantitative estimate of drug-likeness (QED) is 0.443. The summed E-state index contributed by atoms with van der Waals surface area (Å²) in [5.74, 6) is 0. The van der Waals surface area contributed by atoms with Gasteiger partial charge in [0.15, 0.2) is 0 Å². The van der Waals surface area contributed by atoms with Crippen LogP contribution < -0.4 is 4.90 Å². The number of benzene rings is 3. The van der Waals surface area contributed by atoms with Gasteiger partial charge in [0.1, 0.15) is 6.61 Å². The standard InChI is InChI=1S/C28H32N2O3/c31-28(33-23-26-11-5-2-6-12-26)30-17-8-16-29(18-19-30)27-14-7-13-24(21-27)15-20-32-22-25-9-3-1-4-10-25/h1-7,9-14,21H,8,15-20,22-23H2. The molecule has 0 atom stereocenters. The Kier molecular flexibility index (Phi) is 8.36. The van der Waals surface area contributed by atoms with E-state index in [2.05, 4.69) is 41.3 Å². The predicted octanol–water partition coefficient (Wildman–Crippen LogP) is 5.29. The zero-order valence-electron chi connectivity index (χ0n) is 19.1. The van der Waals surface area contributed by atoms with Crippen molar-refractivity contribution in [1.82, 2.24) is 4.90 Å². The molecule has 172 valence electrons.